The molecule has 1 aliphatic carbocycles. The second kappa shape index (κ2) is 6.34. The minimum absolute atomic E-state index is 0.118. The first-order valence-electron chi connectivity index (χ1n) is 6.75. The lowest BCUT2D eigenvalue weighted by atomic mass is 9.82. The van der Waals surface area contributed by atoms with Crippen LogP contribution in [-0.2, 0) is 6.61 Å². The van der Waals surface area contributed by atoms with E-state index in [1.807, 2.05) is 0 Å². The number of ether oxygens (including phenoxy) is 1. The second-order valence-corrected chi connectivity index (χ2v) is 6.53. The fourth-order valence-corrected chi connectivity index (χ4v) is 3.58. The highest BCUT2D eigenvalue weighted by Gasteiger charge is 2.26. The van der Waals surface area contributed by atoms with Gasteiger partial charge in [-0.25, -0.2) is 0 Å². The average Bonchev–Trinajstić information content (AvgIpc) is 2.31. The lowest BCUT2D eigenvalue weighted by molar-refractivity contribution is 0.0985. The molecule has 2 unspecified atom stereocenters. The molecule has 2 nitrogen and oxygen atoms in total. The molecule has 106 valence electrons. The van der Waals surface area contributed by atoms with E-state index in [1.165, 1.54) is 6.42 Å². The standard InChI is InChI=1S/C15H20Cl2O2/c1-9-3-10(2)5-13(4-9)19-15-11(8-18)6-12(16)7-14(15)17/h6-7,9-10,13,18H,3-5,8H2,1-2H3. The van der Waals surface area contributed by atoms with Gasteiger partial charge in [-0.15, -0.1) is 0 Å². The maximum Gasteiger partial charge on any atom is 0.143 e. The Bertz CT molecular complexity index is 438. The highest BCUT2D eigenvalue weighted by Crippen LogP contribution is 2.37. The minimum Gasteiger partial charge on any atom is -0.488 e. The van der Waals surface area contributed by atoms with E-state index in [1.54, 1.807) is 12.1 Å². The molecule has 0 aromatic heterocycles. The molecule has 2 atom stereocenters. The van der Waals surface area contributed by atoms with E-state index in [9.17, 15) is 5.11 Å². The van der Waals surface area contributed by atoms with Gasteiger partial charge in [0.1, 0.15) is 5.75 Å². The minimum atomic E-state index is -0.118. The highest BCUT2D eigenvalue weighted by atomic mass is 35.5. The number of aliphatic hydroxyl groups is 1. The Morgan fingerprint density at radius 2 is 1.79 bits per heavy atom. The molecule has 0 bridgehead atoms. The quantitative estimate of drug-likeness (QED) is 0.878. The van der Waals surface area contributed by atoms with Gasteiger partial charge in [-0.05, 0) is 43.2 Å². The lowest BCUT2D eigenvalue weighted by Gasteiger charge is -2.32. The van der Waals surface area contributed by atoms with Crippen molar-refractivity contribution in [1.82, 2.24) is 0 Å². The van der Waals surface area contributed by atoms with Gasteiger partial charge in [0.05, 0.1) is 17.7 Å². The molecule has 0 aliphatic heterocycles. The maximum absolute atomic E-state index is 9.40. The van der Waals surface area contributed by atoms with Crippen molar-refractivity contribution in [3.05, 3.63) is 27.7 Å². The van der Waals surface area contributed by atoms with E-state index in [2.05, 4.69) is 13.8 Å². The molecule has 0 radical (unpaired) electrons. The van der Waals surface area contributed by atoms with Crippen LogP contribution in [0.2, 0.25) is 10.0 Å². The number of benzene rings is 1. The number of hydrogen-bond acceptors (Lipinski definition) is 2. The van der Waals surface area contributed by atoms with E-state index in [-0.39, 0.29) is 12.7 Å². The first-order chi connectivity index (χ1) is 8.99. The molecule has 1 saturated carbocycles. The normalized spacial score (nSPS) is 27.3. The molecule has 1 aliphatic rings. The predicted molar refractivity (Wildman–Crippen MR) is 79.0 cm³/mol. The van der Waals surface area contributed by atoms with Gasteiger partial charge >= 0.3 is 0 Å². The summed E-state index contributed by atoms with van der Waals surface area (Å²) in [4.78, 5) is 0. The van der Waals surface area contributed by atoms with Crippen molar-refractivity contribution < 1.29 is 9.84 Å². The van der Waals surface area contributed by atoms with Crippen molar-refractivity contribution in [3.63, 3.8) is 0 Å². The van der Waals surface area contributed by atoms with Crippen LogP contribution in [0, 0.1) is 11.8 Å². The fraction of sp³-hybridized carbons (Fsp3) is 0.600. The van der Waals surface area contributed by atoms with Gasteiger partial charge in [0.2, 0.25) is 0 Å². The van der Waals surface area contributed by atoms with Crippen LogP contribution in [0.5, 0.6) is 5.75 Å². The van der Waals surface area contributed by atoms with Crippen molar-refractivity contribution >= 4 is 23.2 Å². The van der Waals surface area contributed by atoms with Gasteiger partial charge in [-0.1, -0.05) is 37.0 Å². The smallest absolute Gasteiger partial charge is 0.143 e. The molecule has 1 aromatic carbocycles. The van der Waals surface area contributed by atoms with E-state index in [4.69, 9.17) is 27.9 Å². The maximum atomic E-state index is 9.40. The van der Waals surface area contributed by atoms with Crippen LogP contribution in [-0.4, -0.2) is 11.2 Å². The summed E-state index contributed by atoms with van der Waals surface area (Å²) in [5.41, 5.74) is 0.656. The molecule has 1 fully saturated rings. The third kappa shape index (κ3) is 3.77. The summed E-state index contributed by atoms with van der Waals surface area (Å²) in [6, 6.07) is 3.37. The average molecular weight is 303 g/mol. The Morgan fingerprint density at radius 1 is 1.16 bits per heavy atom. The Kier molecular flexibility index (Phi) is 4.99. The largest absolute Gasteiger partial charge is 0.488 e. The summed E-state index contributed by atoms with van der Waals surface area (Å²) < 4.78 is 6.05. The predicted octanol–water partition coefficient (Wildman–Crippen LogP) is 4.69. The van der Waals surface area contributed by atoms with Crippen LogP contribution in [0.25, 0.3) is 0 Å². The number of rotatable bonds is 3. The van der Waals surface area contributed by atoms with Crippen molar-refractivity contribution in [2.75, 3.05) is 0 Å². The monoisotopic (exact) mass is 302 g/mol. The molecule has 19 heavy (non-hydrogen) atoms. The molecule has 4 heteroatoms. The molecule has 1 aromatic rings. The van der Waals surface area contributed by atoms with Gasteiger partial charge in [0.15, 0.2) is 0 Å². The summed E-state index contributed by atoms with van der Waals surface area (Å²) in [5, 5.41) is 10.4. The van der Waals surface area contributed by atoms with Gasteiger partial charge in [-0.2, -0.15) is 0 Å². The molecule has 0 spiro atoms. The number of halogens is 2. The fourth-order valence-electron chi connectivity index (χ4n) is 3.00. The Labute approximate surface area is 124 Å². The van der Waals surface area contributed by atoms with Gasteiger partial charge < -0.3 is 9.84 Å². The Hall–Kier alpha value is -0.440. The third-order valence-corrected chi connectivity index (χ3v) is 4.17. The van der Waals surface area contributed by atoms with E-state index >= 15 is 0 Å². The van der Waals surface area contributed by atoms with Gasteiger partial charge in [0, 0.05) is 10.6 Å². The van der Waals surface area contributed by atoms with Gasteiger partial charge in [0.25, 0.3) is 0 Å². The van der Waals surface area contributed by atoms with Crippen LogP contribution < -0.4 is 4.74 Å². The number of aliphatic hydroxyl groups excluding tert-OH is 1. The van der Waals surface area contributed by atoms with E-state index in [0.29, 0.717) is 33.2 Å². The van der Waals surface area contributed by atoms with Crippen LogP contribution in [0.15, 0.2) is 12.1 Å². The summed E-state index contributed by atoms with van der Waals surface area (Å²) in [6.45, 7) is 4.39. The molecule has 2 rings (SSSR count). The molecular weight excluding hydrogens is 283 g/mol. The molecule has 1 N–H and O–H groups in total. The summed E-state index contributed by atoms with van der Waals surface area (Å²) in [7, 11) is 0. The van der Waals surface area contributed by atoms with Gasteiger partial charge in [-0.3, -0.25) is 0 Å². The zero-order valence-electron chi connectivity index (χ0n) is 11.3. The SMILES string of the molecule is CC1CC(C)CC(Oc2c(Cl)cc(Cl)cc2CO)C1. The summed E-state index contributed by atoms with van der Waals surface area (Å²) >= 11 is 12.1. The zero-order valence-corrected chi connectivity index (χ0v) is 12.8. The van der Waals surface area contributed by atoms with E-state index < -0.39 is 0 Å². The first-order valence-corrected chi connectivity index (χ1v) is 7.50. The first kappa shape index (κ1) is 15.0. The molecular formula is C15H20Cl2O2. The Balaban J connectivity index is 2.18. The zero-order chi connectivity index (χ0) is 14.0. The third-order valence-electron chi connectivity index (χ3n) is 3.68. The Morgan fingerprint density at radius 3 is 2.37 bits per heavy atom. The highest BCUT2D eigenvalue weighted by molar-refractivity contribution is 6.35. The van der Waals surface area contributed by atoms with Crippen LogP contribution in [0.3, 0.4) is 0 Å². The second-order valence-electron chi connectivity index (χ2n) is 5.69. The van der Waals surface area contributed by atoms with Crippen molar-refractivity contribution in [3.8, 4) is 5.75 Å². The molecule has 0 amide bonds. The van der Waals surface area contributed by atoms with Crippen molar-refractivity contribution in [1.29, 1.82) is 0 Å². The van der Waals surface area contributed by atoms with Crippen molar-refractivity contribution in [2.24, 2.45) is 11.8 Å². The summed E-state index contributed by atoms with van der Waals surface area (Å²) in [5.74, 6) is 1.91. The molecule has 0 heterocycles. The van der Waals surface area contributed by atoms with Crippen LogP contribution in [0.1, 0.15) is 38.7 Å². The topological polar surface area (TPSA) is 29.5 Å². The van der Waals surface area contributed by atoms with Crippen molar-refractivity contribution in [2.45, 2.75) is 45.8 Å². The van der Waals surface area contributed by atoms with E-state index in [0.717, 1.165) is 12.8 Å². The van der Waals surface area contributed by atoms with Crippen LogP contribution in [0.4, 0.5) is 0 Å². The molecule has 0 saturated heterocycles. The van der Waals surface area contributed by atoms with Crippen LogP contribution >= 0.6 is 23.2 Å². The summed E-state index contributed by atoms with van der Waals surface area (Å²) in [6.07, 6.45) is 3.49. The number of hydrogen-bond donors (Lipinski definition) is 1. The lowest BCUT2D eigenvalue weighted by Crippen LogP contribution is -2.28.